The molecule has 2 aromatic heterocycles. The minimum Gasteiger partial charge on any atom is -0.475 e. The van der Waals surface area contributed by atoms with Crippen molar-refractivity contribution in [2.45, 2.75) is 4.90 Å². The summed E-state index contributed by atoms with van der Waals surface area (Å²) in [5.74, 6) is -0.396. The van der Waals surface area contributed by atoms with Gasteiger partial charge in [-0.2, -0.15) is 0 Å². The van der Waals surface area contributed by atoms with Gasteiger partial charge in [-0.1, -0.05) is 17.7 Å². The molecule has 0 atom stereocenters. The number of thiophene rings is 1. The molecular weight excluding hydrogens is 401 g/mol. The average molecular weight is 414 g/mol. The van der Waals surface area contributed by atoms with Crippen LogP contribution in [0.5, 0.6) is 5.88 Å². The van der Waals surface area contributed by atoms with E-state index >= 15 is 0 Å². The third-order valence-corrected chi connectivity index (χ3v) is 5.90. The first kappa shape index (κ1) is 18.7. The molecule has 0 fully saturated rings. The summed E-state index contributed by atoms with van der Waals surface area (Å²) in [6, 6.07) is 10.5. The predicted molar refractivity (Wildman–Crippen MR) is 97.4 cm³/mol. The highest BCUT2D eigenvalue weighted by Gasteiger charge is 2.15. The number of benzene rings is 1. The maximum atomic E-state index is 13.1. The van der Waals surface area contributed by atoms with Crippen LogP contribution in [0.15, 0.2) is 52.7 Å². The first-order chi connectivity index (χ1) is 12.5. The zero-order chi connectivity index (χ0) is 18.6. The lowest BCUT2D eigenvalue weighted by Gasteiger charge is -2.08. The molecule has 1 aromatic carbocycles. The van der Waals surface area contributed by atoms with Crippen molar-refractivity contribution in [2.24, 2.45) is 0 Å². The van der Waals surface area contributed by atoms with E-state index < -0.39 is 15.8 Å². The van der Waals surface area contributed by atoms with Crippen molar-refractivity contribution < 1.29 is 17.5 Å². The number of hydrogen-bond acceptors (Lipinski definition) is 6. The Bertz CT molecular complexity index is 980. The van der Waals surface area contributed by atoms with Gasteiger partial charge in [-0.05, 0) is 35.7 Å². The maximum Gasteiger partial charge on any atom is 0.240 e. The molecule has 26 heavy (non-hydrogen) atoms. The van der Waals surface area contributed by atoms with Gasteiger partial charge in [0.1, 0.15) is 18.1 Å². The number of halogens is 2. The summed E-state index contributed by atoms with van der Waals surface area (Å²) in [6.45, 7) is 0.0624. The van der Waals surface area contributed by atoms with Gasteiger partial charge in [-0.3, -0.25) is 0 Å². The van der Waals surface area contributed by atoms with Crippen LogP contribution in [0, 0.1) is 5.82 Å². The van der Waals surface area contributed by atoms with Gasteiger partial charge < -0.3 is 4.74 Å². The smallest absolute Gasteiger partial charge is 0.240 e. The van der Waals surface area contributed by atoms with Gasteiger partial charge in [0.05, 0.1) is 14.8 Å². The zero-order valence-corrected chi connectivity index (χ0v) is 15.6. The number of hydrogen-bond donors (Lipinski definition) is 1. The molecule has 3 rings (SSSR count). The molecule has 136 valence electrons. The second-order valence-corrected chi connectivity index (χ2v) is 8.18. The van der Waals surface area contributed by atoms with E-state index in [1.54, 1.807) is 23.5 Å². The Hall–Kier alpha value is -2.07. The molecule has 0 bridgehead atoms. The predicted octanol–water partition coefficient (Wildman–Crippen LogP) is 3.35. The Morgan fingerprint density at radius 3 is 2.69 bits per heavy atom. The van der Waals surface area contributed by atoms with Crippen LogP contribution in [-0.2, 0) is 10.0 Å². The van der Waals surface area contributed by atoms with Crippen LogP contribution in [0.3, 0.4) is 0 Å². The molecule has 3 aromatic rings. The molecule has 0 aliphatic carbocycles. The number of sulfonamides is 1. The van der Waals surface area contributed by atoms with Crippen LogP contribution in [0.25, 0.3) is 10.6 Å². The van der Waals surface area contributed by atoms with Crippen molar-refractivity contribution in [1.29, 1.82) is 0 Å². The molecule has 0 amide bonds. The molecule has 0 aliphatic rings. The summed E-state index contributed by atoms with van der Waals surface area (Å²) >= 11 is 7.16. The Morgan fingerprint density at radius 2 is 2.04 bits per heavy atom. The highest BCUT2D eigenvalue weighted by atomic mass is 35.5. The first-order valence-electron chi connectivity index (χ1n) is 7.41. The van der Waals surface area contributed by atoms with E-state index in [9.17, 15) is 12.8 Å². The number of nitrogens with one attached hydrogen (secondary N) is 1. The Kier molecular flexibility index (Phi) is 5.82. The van der Waals surface area contributed by atoms with Crippen LogP contribution in [0.4, 0.5) is 4.39 Å². The fourth-order valence-corrected chi connectivity index (χ4v) is 3.99. The molecule has 0 aliphatic heterocycles. The minimum absolute atomic E-state index is 0.00564. The van der Waals surface area contributed by atoms with Gasteiger partial charge in [-0.25, -0.2) is 17.5 Å². The summed E-state index contributed by atoms with van der Waals surface area (Å²) in [7, 11) is -3.81. The van der Waals surface area contributed by atoms with Gasteiger partial charge in [0.15, 0.2) is 0 Å². The summed E-state index contributed by atoms with van der Waals surface area (Å²) in [5, 5.41) is 9.69. The Balaban J connectivity index is 1.52. The van der Waals surface area contributed by atoms with Gasteiger partial charge in [0.2, 0.25) is 15.9 Å². The molecule has 0 saturated heterocycles. The fourth-order valence-electron chi connectivity index (χ4n) is 2.01. The van der Waals surface area contributed by atoms with Crippen molar-refractivity contribution in [3.63, 3.8) is 0 Å². The number of nitrogens with zero attached hydrogens (tertiary/aromatic N) is 2. The fraction of sp³-hybridized carbons (Fsp3) is 0.125. The number of ether oxygens (including phenoxy) is 1. The summed E-state index contributed by atoms with van der Waals surface area (Å²) < 4.78 is 45.1. The lowest BCUT2D eigenvalue weighted by Crippen LogP contribution is -2.28. The molecule has 6 nitrogen and oxygen atoms in total. The second kappa shape index (κ2) is 8.09. The molecular formula is C16H13ClFN3O3S2. The van der Waals surface area contributed by atoms with E-state index in [1.807, 2.05) is 17.5 Å². The van der Waals surface area contributed by atoms with E-state index in [2.05, 4.69) is 14.9 Å². The summed E-state index contributed by atoms with van der Waals surface area (Å²) in [6.07, 6.45) is 0. The van der Waals surface area contributed by atoms with E-state index in [0.717, 1.165) is 28.8 Å². The third-order valence-electron chi connectivity index (χ3n) is 3.26. The summed E-state index contributed by atoms with van der Waals surface area (Å²) in [5.41, 5.74) is 0.737. The van der Waals surface area contributed by atoms with Gasteiger partial charge in [0, 0.05) is 12.6 Å². The highest BCUT2D eigenvalue weighted by Crippen LogP contribution is 2.22. The monoisotopic (exact) mass is 413 g/mol. The molecule has 1 N–H and O–H groups in total. The SMILES string of the molecule is O=S(=O)(NCCOc1ccc(-c2cccs2)nn1)c1ccc(F)c(Cl)c1. The quantitative estimate of drug-likeness (QED) is 0.601. The van der Waals surface area contributed by atoms with E-state index in [0.29, 0.717) is 0 Å². The van der Waals surface area contributed by atoms with Crippen molar-refractivity contribution >= 4 is 33.0 Å². The van der Waals surface area contributed by atoms with Gasteiger partial charge in [-0.15, -0.1) is 21.5 Å². The Labute approximate surface area is 158 Å². The van der Waals surface area contributed by atoms with Gasteiger partial charge >= 0.3 is 0 Å². The van der Waals surface area contributed by atoms with Gasteiger partial charge in [0.25, 0.3) is 0 Å². The number of aromatic nitrogens is 2. The molecule has 0 unspecified atom stereocenters. The van der Waals surface area contributed by atoms with Crippen molar-refractivity contribution in [2.75, 3.05) is 13.2 Å². The van der Waals surface area contributed by atoms with Crippen LogP contribution in [0.1, 0.15) is 0 Å². The second-order valence-electron chi connectivity index (χ2n) is 5.06. The van der Waals surface area contributed by atoms with Crippen LogP contribution in [-0.4, -0.2) is 31.8 Å². The molecule has 0 saturated carbocycles. The summed E-state index contributed by atoms with van der Waals surface area (Å²) in [4.78, 5) is 0.874. The van der Waals surface area contributed by atoms with E-state index in [-0.39, 0.29) is 28.9 Å². The molecule has 2 heterocycles. The minimum atomic E-state index is -3.81. The zero-order valence-electron chi connectivity index (χ0n) is 13.2. The van der Waals surface area contributed by atoms with Crippen LogP contribution in [0.2, 0.25) is 5.02 Å². The molecule has 0 radical (unpaired) electrons. The lowest BCUT2D eigenvalue weighted by atomic mass is 10.3. The normalized spacial score (nSPS) is 11.5. The van der Waals surface area contributed by atoms with Crippen molar-refractivity contribution in [1.82, 2.24) is 14.9 Å². The topological polar surface area (TPSA) is 81.2 Å². The van der Waals surface area contributed by atoms with E-state index in [4.69, 9.17) is 16.3 Å². The largest absolute Gasteiger partial charge is 0.475 e. The van der Waals surface area contributed by atoms with Crippen molar-refractivity contribution in [3.05, 3.63) is 58.7 Å². The molecule has 10 heteroatoms. The number of rotatable bonds is 7. The third kappa shape index (κ3) is 4.55. The Morgan fingerprint density at radius 1 is 1.19 bits per heavy atom. The first-order valence-corrected chi connectivity index (χ1v) is 10.1. The van der Waals surface area contributed by atoms with Crippen LogP contribution >= 0.6 is 22.9 Å². The van der Waals surface area contributed by atoms with Crippen molar-refractivity contribution in [3.8, 4) is 16.5 Å². The standard InChI is InChI=1S/C16H13ClFN3O3S2/c17-12-10-11(3-4-13(12)18)26(22,23)19-7-8-24-16-6-5-14(20-21-16)15-2-1-9-25-15/h1-6,9-10,19H,7-8H2. The van der Waals surface area contributed by atoms with Crippen LogP contribution < -0.4 is 9.46 Å². The highest BCUT2D eigenvalue weighted by molar-refractivity contribution is 7.89. The maximum absolute atomic E-state index is 13.1. The van der Waals surface area contributed by atoms with E-state index in [1.165, 1.54) is 0 Å². The molecule has 0 spiro atoms. The average Bonchev–Trinajstić information content (AvgIpc) is 3.16. The lowest BCUT2D eigenvalue weighted by molar-refractivity contribution is 0.307.